The van der Waals surface area contributed by atoms with Gasteiger partial charge < -0.3 is 9.88 Å². The Morgan fingerprint density at radius 3 is 2.47 bits per heavy atom. The Labute approximate surface area is 109 Å². The standard InChI is InChI=1S/C13H14F3N3/c1-10(8-19-7-6-17-9-19)18-12-4-2-11(3-5-12)13(14,15)16/h2-7,9-10,18H,8H2,1H3. The van der Waals surface area contributed by atoms with E-state index in [2.05, 4.69) is 10.3 Å². The number of hydrogen-bond donors (Lipinski definition) is 1. The fourth-order valence-corrected chi connectivity index (χ4v) is 1.80. The second-order valence-corrected chi connectivity index (χ2v) is 4.38. The van der Waals surface area contributed by atoms with Crippen molar-refractivity contribution in [2.45, 2.75) is 25.7 Å². The summed E-state index contributed by atoms with van der Waals surface area (Å²) in [6.07, 6.45) is 0.932. The number of imidazole rings is 1. The summed E-state index contributed by atoms with van der Waals surface area (Å²) >= 11 is 0. The zero-order valence-corrected chi connectivity index (χ0v) is 10.4. The summed E-state index contributed by atoms with van der Waals surface area (Å²) in [5.74, 6) is 0. The number of anilines is 1. The van der Waals surface area contributed by atoms with Crippen molar-refractivity contribution in [3.05, 3.63) is 48.5 Å². The normalized spacial score (nSPS) is 13.3. The van der Waals surface area contributed by atoms with Crippen LogP contribution < -0.4 is 5.32 Å². The summed E-state index contributed by atoms with van der Waals surface area (Å²) in [5.41, 5.74) is 0.0286. The minimum atomic E-state index is -4.29. The molecule has 0 saturated heterocycles. The van der Waals surface area contributed by atoms with E-state index in [0.717, 1.165) is 12.1 Å². The van der Waals surface area contributed by atoms with Gasteiger partial charge in [-0.05, 0) is 31.2 Å². The molecule has 1 unspecified atom stereocenters. The molecule has 0 amide bonds. The highest BCUT2D eigenvalue weighted by molar-refractivity contribution is 5.45. The summed E-state index contributed by atoms with van der Waals surface area (Å²) in [5, 5.41) is 3.14. The summed E-state index contributed by atoms with van der Waals surface area (Å²) in [6, 6.07) is 5.12. The lowest BCUT2D eigenvalue weighted by molar-refractivity contribution is -0.137. The molecule has 0 saturated carbocycles. The Bertz CT molecular complexity index is 503. The second kappa shape index (κ2) is 5.34. The molecule has 1 N–H and O–H groups in total. The molecule has 2 rings (SSSR count). The fraction of sp³-hybridized carbons (Fsp3) is 0.308. The lowest BCUT2D eigenvalue weighted by atomic mass is 10.2. The van der Waals surface area contributed by atoms with E-state index in [1.54, 1.807) is 12.5 Å². The first-order chi connectivity index (χ1) is 8.95. The molecule has 0 aliphatic carbocycles. The van der Waals surface area contributed by atoms with Crippen LogP contribution in [-0.2, 0) is 12.7 Å². The third-order valence-corrected chi connectivity index (χ3v) is 2.67. The summed E-state index contributed by atoms with van der Waals surface area (Å²) in [4.78, 5) is 3.93. The van der Waals surface area contributed by atoms with E-state index < -0.39 is 11.7 Å². The quantitative estimate of drug-likeness (QED) is 0.921. The minimum Gasteiger partial charge on any atom is -0.381 e. The van der Waals surface area contributed by atoms with E-state index in [0.29, 0.717) is 12.2 Å². The van der Waals surface area contributed by atoms with Crippen LogP contribution in [0.25, 0.3) is 0 Å². The Hall–Kier alpha value is -1.98. The van der Waals surface area contributed by atoms with Crippen molar-refractivity contribution in [3.63, 3.8) is 0 Å². The number of aromatic nitrogens is 2. The van der Waals surface area contributed by atoms with Crippen LogP contribution in [0.1, 0.15) is 12.5 Å². The highest BCUT2D eigenvalue weighted by atomic mass is 19.4. The highest BCUT2D eigenvalue weighted by Gasteiger charge is 2.29. The van der Waals surface area contributed by atoms with Gasteiger partial charge >= 0.3 is 6.18 Å². The number of halogens is 3. The number of benzene rings is 1. The van der Waals surface area contributed by atoms with E-state index in [-0.39, 0.29) is 6.04 Å². The van der Waals surface area contributed by atoms with Crippen molar-refractivity contribution in [1.82, 2.24) is 9.55 Å². The van der Waals surface area contributed by atoms with Crippen LogP contribution >= 0.6 is 0 Å². The average Bonchev–Trinajstić information content (AvgIpc) is 2.81. The molecule has 0 aliphatic rings. The molecule has 102 valence electrons. The third-order valence-electron chi connectivity index (χ3n) is 2.67. The average molecular weight is 269 g/mol. The molecule has 1 aromatic carbocycles. The molecule has 0 spiro atoms. The number of nitrogens with one attached hydrogen (secondary N) is 1. The maximum Gasteiger partial charge on any atom is 0.416 e. The maximum atomic E-state index is 12.4. The Morgan fingerprint density at radius 2 is 1.95 bits per heavy atom. The smallest absolute Gasteiger partial charge is 0.381 e. The lowest BCUT2D eigenvalue weighted by Crippen LogP contribution is -2.21. The van der Waals surface area contributed by atoms with E-state index >= 15 is 0 Å². The predicted octanol–water partition coefficient (Wildman–Crippen LogP) is 3.40. The van der Waals surface area contributed by atoms with Crippen LogP contribution in [-0.4, -0.2) is 15.6 Å². The molecular formula is C13H14F3N3. The third kappa shape index (κ3) is 3.74. The van der Waals surface area contributed by atoms with E-state index in [1.165, 1.54) is 12.1 Å². The zero-order chi connectivity index (χ0) is 13.9. The second-order valence-electron chi connectivity index (χ2n) is 4.38. The molecule has 1 aromatic heterocycles. The lowest BCUT2D eigenvalue weighted by Gasteiger charge is -2.16. The van der Waals surface area contributed by atoms with Gasteiger partial charge in [-0.15, -0.1) is 0 Å². The van der Waals surface area contributed by atoms with Gasteiger partial charge in [0.1, 0.15) is 0 Å². The van der Waals surface area contributed by atoms with Gasteiger partial charge in [0.2, 0.25) is 0 Å². The van der Waals surface area contributed by atoms with Crippen LogP contribution in [0.5, 0.6) is 0 Å². The van der Waals surface area contributed by atoms with Crippen LogP contribution in [0.2, 0.25) is 0 Å². The predicted molar refractivity (Wildman–Crippen MR) is 66.8 cm³/mol. The van der Waals surface area contributed by atoms with Crippen molar-refractivity contribution in [2.75, 3.05) is 5.32 Å². The first-order valence-corrected chi connectivity index (χ1v) is 5.84. The molecule has 1 heterocycles. The van der Waals surface area contributed by atoms with Crippen molar-refractivity contribution in [3.8, 4) is 0 Å². The van der Waals surface area contributed by atoms with Gasteiger partial charge in [-0.2, -0.15) is 13.2 Å². The molecule has 0 bridgehead atoms. The Morgan fingerprint density at radius 1 is 1.26 bits per heavy atom. The van der Waals surface area contributed by atoms with Crippen molar-refractivity contribution in [2.24, 2.45) is 0 Å². The van der Waals surface area contributed by atoms with Gasteiger partial charge in [-0.3, -0.25) is 0 Å². The molecule has 3 nitrogen and oxygen atoms in total. The molecule has 19 heavy (non-hydrogen) atoms. The molecule has 2 aromatic rings. The minimum absolute atomic E-state index is 0.0888. The molecule has 6 heteroatoms. The van der Waals surface area contributed by atoms with Gasteiger partial charge in [-0.1, -0.05) is 0 Å². The number of hydrogen-bond acceptors (Lipinski definition) is 2. The number of nitrogens with zero attached hydrogens (tertiary/aromatic N) is 2. The van der Waals surface area contributed by atoms with Gasteiger partial charge in [0.05, 0.1) is 11.9 Å². The zero-order valence-electron chi connectivity index (χ0n) is 10.4. The van der Waals surface area contributed by atoms with E-state index in [1.807, 2.05) is 17.7 Å². The maximum absolute atomic E-state index is 12.4. The molecule has 0 radical (unpaired) electrons. The van der Waals surface area contributed by atoms with Crippen molar-refractivity contribution < 1.29 is 13.2 Å². The van der Waals surface area contributed by atoms with Gasteiger partial charge in [0.25, 0.3) is 0 Å². The first-order valence-electron chi connectivity index (χ1n) is 5.84. The summed E-state index contributed by atoms with van der Waals surface area (Å²) in [7, 11) is 0. The fourth-order valence-electron chi connectivity index (χ4n) is 1.80. The van der Waals surface area contributed by atoms with Crippen LogP contribution in [0.4, 0.5) is 18.9 Å². The van der Waals surface area contributed by atoms with Crippen LogP contribution in [0, 0.1) is 0 Å². The Balaban J connectivity index is 1.96. The molecule has 1 atom stereocenters. The van der Waals surface area contributed by atoms with E-state index in [9.17, 15) is 13.2 Å². The SMILES string of the molecule is CC(Cn1ccnc1)Nc1ccc(C(F)(F)F)cc1. The van der Waals surface area contributed by atoms with E-state index in [4.69, 9.17) is 0 Å². The topological polar surface area (TPSA) is 29.9 Å². The number of alkyl halides is 3. The van der Waals surface area contributed by atoms with Crippen LogP contribution in [0.15, 0.2) is 43.0 Å². The van der Waals surface area contributed by atoms with Gasteiger partial charge in [-0.25, -0.2) is 4.98 Å². The van der Waals surface area contributed by atoms with Crippen molar-refractivity contribution in [1.29, 1.82) is 0 Å². The van der Waals surface area contributed by atoms with Crippen LogP contribution in [0.3, 0.4) is 0 Å². The van der Waals surface area contributed by atoms with Crippen molar-refractivity contribution >= 4 is 5.69 Å². The first kappa shape index (κ1) is 13.5. The summed E-state index contributed by atoms with van der Waals surface area (Å²) in [6.45, 7) is 2.65. The van der Waals surface area contributed by atoms with Gasteiger partial charge in [0.15, 0.2) is 0 Å². The Kier molecular flexibility index (Phi) is 3.78. The molecular weight excluding hydrogens is 255 g/mol. The largest absolute Gasteiger partial charge is 0.416 e. The van der Waals surface area contributed by atoms with Gasteiger partial charge in [0, 0.05) is 30.7 Å². The highest BCUT2D eigenvalue weighted by Crippen LogP contribution is 2.29. The monoisotopic (exact) mass is 269 g/mol. The molecule has 0 aliphatic heterocycles. The molecule has 0 fully saturated rings. The number of rotatable bonds is 4. The summed E-state index contributed by atoms with van der Waals surface area (Å²) < 4.78 is 39.1.